The number of ether oxygens (including phenoxy) is 1. The monoisotopic (exact) mass is 330 g/mol. The van der Waals surface area contributed by atoms with Gasteiger partial charge in [0.1, 0.15) is 11.5 Å². The van der Waals surface area contributed by atoms with Crippen molar-refractivity contribution in [3.05, 3.63) is 54.1 Å². The lowest BCUT2D eigenvalue weighted by atomic mass is 10.1. The van der Waals surface area contributed by atoms with E-state index in [1.54, 1.807) is 13.2 Å². The molecule has 2 rings (SSSR count). The molecule has 2 N–H and O–H groups in total. The summed E-state index contributed by atoms with van der Waals surface area (Å²) in [6, 6.07) is 15.0. The van der Waals surface area contributed by atoms with Crippen molar-refractivity contribution in [3.63, 3.8) is 0 Å². The number of methoxy groups -OCH3 is 1. The maximum Gasteiger partial charge on any atom is 0.173 e. The van der Waals surface area contributed by atoms with Gasteiger partial charge in [-0.05, 0) is 49.0 Å². The number of aromatic hydroxyl groups is 1. The van der Waals surface area contributed by atoms with Gasteiger partial charge >= 0.3 is 0 Å². The second-order valence-corrected chi connectivity index (χ2v) is 5.53. The Morgan fingerprint density at radius 2 is 1.87 bits per heavy atom. The number of nitrogens with one attached hydrogen (secondary N) is 1. The summed E-state index contributed by atoms with van der Waals surface area (Å²) in [6.07, 6.45) is 0.993. The molecule has 122 valence electrons. The van der Waals surface area contributed by atoms with Gasteiger partial charge in [-0.3, -0.25) is 0 Å². The average Bonchev–Trinajstić information content (AvgIpc) is 2.59. The van der Waals surface area contributed by atoms with E-state index in [1.807, 2.05) is 47.4 Å². The lowest BCUT2D eigenvalue weighted by Gasteiger charge is -2.26. The summed E-state index contributed by atoms with van der Waals surface area (Å²) in [4.78, 5) is 1.97. The zero-order chi connectivity index (χ0) is 16.7. The molecule has 0 aliphatic rings. The van der Waals surface area contributed by atoms with E-state index in [4.69, 9.17) is 17.0 Å². The Bertz CT molecular complexity index is 644. The van der Waals surface area contributed by atoms with Crippen LogP contribution in [0.25, 0.3) is 0 Å². The summed E-state index contributed by atoms with van der Waals surface area (Å²) < 4.78 is 5.20. The molecule has 0 aliphatic heterocycles. The van der Waals surface area contributed by atoms with Crippen LogP contribution in [0.4, 0.5) is 5.69 Å². The van der Waals surface area contributed by atoms with E-state index in [1.165, 1.54) is 0 Å². The molecule has 0 saturated heterocycles. The number of phenols is 1. The summed E-state index contributed by atoms with van der Waals surface area (Å²) in [7, 11) is 1.64. The van der Waals surface area contributed by atoms with Crippen molar-refractivity contribution in [2.75, 3.05) is 18.6 Å². The van der Waals surface area contributed by atoms with Crippen molar-refractivity contribution < 1.29 is 9.84 Å². The Labute approximate surface area is 142 Å². The Hall–Kier alpha value is -2.27. The summed E-state index contributed by atoms with van der Waals surface area (Å²) in [5.41, 5.74) is 1.77. The van der Waals surface area contributed by atoms with Gasteiger partial charge in [0, 0.05) is 17.8 Å². The predicted molar refractivity (Wildman–Crippen MR) is 98.2 cm³/mol. The molecule has 0 fully saturated rings. The highest BCUT2D eigenvalue weighted by Crippen LogP contribution is 2.24. The Morgan fingerprint density at radius 1 is 1.17 bits per heavy atom. The highest BCUT2D eigenvalue weighted by Gasteiger charge is 2.14. The number of benzene rings is 2. The fourth-order valence-corrected chi connectivity index (χ4v) is 2.46. The quantitative estimate of drug-likeness (QED) is 0.791. The van der Waals surface area contributed by atoms with Gasteiger partial charge in [0.15, 0.2) is 5.11 Å². The number of hydrogen-bond acceptors (Lipinski definition) is 3. The van der Waals surface area contributed by atoms with E-state index in [-0.39, 0.29) is 5.75 Å². The lowest BCUT2D eigenvalue weighted by Crippen LogP contribution is -2.39. The number of nitrogens with zero attached hydrogens (tertiary/aromatic N) is 1. The summed E-state index contributed by atoms with van der Waals surface area (Å²) in [5, 5.41) is 13.9. The average molecular weight is 330 g/mol. The minimum atomic E-state index is 0.268. The van der Waals surface area contributed by atoms with Crippen LogP contribution in [0, 0.1) is 0 Å². The van der Waals surface area contributed by atoms with Crippen LogP contribution in [0.5, 0.6) is 11.5 Å². The number of para-hydroxylation sites is 1. The van der Waals surface area contributed by atoms with Crippen molar-refractivity contribution in [3.8, 4) is 11.5 Å². The summed E-state index contributed by atoms with van der Waals surface area (Å²) in [6.45, 7) is 3.40. The fourth-order valence-electron chi connectivity index (χ4n) is 2.18. The first-order valence-corrected chi connectivity index (χ1v) is 8.02. The van der Waals surface area contributed by atoms with E-state index in [9.17, 15) is 5.11 Å². The molecule has 0 radical (unpaired) electrons. The second-order valence-electron chi connectivity index (χ2n) is 5.14. The van der Waals surface area contributed by atoms with Crippen LogP contribution in [0.15, 0.2) is 48.5 Å². The van der Waals surface area contributed by atoms with Gasteiger partial charge in [-0.2, -0.15) is 0 Å². The van der Waals surface area contributed by atoms with Gasteiger partial charge in [-0.25, -0.2) is 0 Å². The number of rotatable bonds is 6. The van der Waals surface area contributed by atoms with E-state index >= 15 is 0 Å². The van der Waals surface area contributed by atoms with Gasteiger partial charge in [-0.15, -0.1) is 0 Å². The third-order valence-electron chi connectivity index (χ3n) is 3.48. The molecule has 0 bridgehead atoms. The number of hydrogen-bond donors (Lipinski definition) is 2. The van der Waals surface area contributed by atoms with Crippen LogP contribution in [-0.2, 0) is 6.54 Å². The largest absolute Gasteiger partial charge is 0.508 e. The molecule has 0 atom stereocenters. The van der Waals surface area contributed by atoms with Crippen molar-refractivity contribution in [1.29, 1.82) is 0 Å². The summed E-state index contributed by atoms with van der Waals surface area (Å²) in [5.74, 6) is 1.06. The molecular weight excluding hydrogens is 308 g/mol. The molecule has 23 heavy (non-hydrogen) atoms. The van der Waals surface area contributed by atoms with Crippen molar-refractivity contribution in [1.82, 2.24) is 5.32 Å². The lowest BCUT2D eigenvalue weighted by molar-refractivity contribution is 0.415. The molecule has 4 nitrogen and oxygen atoms in total. The van der Waals surface area contributed by atoms with Gasteiger partial charge in [0.2, 0.25) is 0 Å². The van der Waals surface area contributed by atoms with E-state index in [0.29, 0.717) is 11.7 Å². The van der Waals surface area contributed by atoms with Gasteiger partial charge < -0.3 is 20.1 Å². The van der Waals surface area contributed by atoms with Crippen LogP contribution in [-0.4, -0.2) is 23.9 Å². The molecule has 0 unspecified atom stereocenters. The second kappa shape index (κ2) is 8.39. The number of anilines is 1. The minimum Gasteiger partial charge on any atom is -0.508 e. The van der Waals surface area contributed by atoms with Crippen LogP contribution < -0.4 is 15.0 Å². The van der Waals surface area contributed by atoms with Crippen LogP contribution in [0.3, 0.4) is 0 Å². The predicted octanol–water partition coefficient (Wildman–Crippen LogP) is 3.69. The van der Waals surface area contributed by atoms with E-state index in [0.717, 1.165) is 30.0 Å². The molecular formula is C18H22N2O2S. The first-order chi connectivity index (χ1) is 11.2. The highest BCUT2D eigenvalue weighted by atomic mass is 32.1. The van der Waals surface area contributed by atoms with Gasteiger partial charge in [-0.1, -0.05) is 25.1 Å². The Morgan fingerprint density at radius 3 is 2.48 bits per heavy atom. The third kappa shape index (κ3) is 4.60. The molecule has 0 aliphatic carbocycles. The van der Waals surface area contributed by atoms with E-state index < -0.39 is 0 Å². The standard InChI is InChI=1S/C18H22N2O2S/c1-3-12-19-18(23)20(13-14-6-4-5-7-17(14)21)15-8-10-16(22-2)11-9-15/h4-11,21H,3,12-13H2,1-2H3,(H,19,23). The van der Waals surface area contributed by atoms with Gasteiger partial charge in [0.05, 0.1) is 13.7 Å². The maximum absolute atomic E-state index is 10.0. The third-order valence-corrected chi connectivity index (χ3v) is 3.84. The molecule has 2 aromatic carbocycles. The smallest absolute Gasteiger partial charge is 0.173 e. The normalized spacial score (nSPS) is 10.2. The van der Waals surface area contributed by atoms with Crippen LogP contribution >= 0.6 is 12.2 Å². The first kappa shape index (κ1) is 17.1. The Kier molecular flexibility index (Phi) is 6.23. The Balaban J connectivity index is 2.27. The molecule has 0 spiro atoms. The SMILES string of the molecule is CCCNC(=S)N(Cc1ccccc1O)c1ccc(OC)cc1. The zero-order valence-corrected chi connectivity index (χ0v) is 14.3. The van der Waals surface area contributed by atoms with E-state index in [2.05, 4.69) is 12.2 Å². The van der Waals surface area contributed by atoms with Crippen molar-refractivity contribution >= 4 is 23.0 Å². The molecule has 0 amide bonds. The first-order valence-electron chi connectivity index (χ1n) is 7.62. The maximum atomic E-state index is 10.0. The highest BCUT2D eigenvalue weighted by molar-refractivity contribution is 7.80. The number of thiocarbonyl (C=S) groups is 1. The topological polar surface area (TPSA) is 44.7 Å². The summed E-state index contributed by atoms with van der Waals surface area (Å²) >= 11 is 5.53. The fraction of sp³-hybridized carbons (Fsp3) is 0.278. The van der Waals surface area contributed by atoms with Crippen LogP contribution in [0.1, 0.15) is 18.9 Å². The molecule has 0 heterocycles. The number of phenolic OH excluding ortho intramolecular Hbond substituents is 1. The van der Waals surface area contributed by atoms with Gasteiger partial charge in [0.25, 0.3) is 0 Å². The van der Waals surface area contributed by atoms with Crippen LogP contribution in [0.2, 0.25) is 0 Å². The zero-order valence-electron chi connectivity index (χ0n) is 13.5. The molecule has 2 aromatic rings. The van der Waals surface area contributed by atoms with Crippen molar-refractivity contribution in [2.45, 2.75) is 19.9 Å². The molecule has 5 heteroatoms. The molecule has 0 saturated carbocycles. The van der Waals surface area contributed by atoms with Crippen molar-refractivity contribution in [2.24, 2.45) is 0 Å². The molecule has 0 aromatic heterocycles. The minimum absolute atomic E-state index is 0.268.